The molecule has 0 unspecified atom stereocenters. The molecule has 0 atom stereocenters. The highest BCUT2D eigenvalue weighted by atomic mass is 32.2. The van der Waals surface area contributed by atoms with Gasteiger partial charge < -0.3 is 5.11 Å². The maximum Gasteiger partial charge on any atom is 0.268 e. The number of benzene rings is 2. The molecule has 2 aromatic carbocycles. The molecule has 0 bridgehead atoms. The van der Waals surface area contributed by atoms with Gasteiger partial charge in [-0.1, -0.05) is 36.4 Å². The molecule has 0 amide bonds. The molecule has 4 nitrogen and oxygen atoms in total. The zero-order chi connectivity index (χ0) is 16.0. The highest BCUT2D eigenvalue weighted by molar-refractivity contribution is 7.90. The predicted octanol–water partition coefficient (Wildman–Crippen LogP) is 3.11. The summed E-state index contributed by atoms with van der Waals surface area (Å²) in [5.41, 5.74) is -0.373. The van der Waals surface area contributed by atoms with Crippen LogP contribution in [0.3, 0.4) is 0 Å². The lowest BCUT2D eigenvalue weighted by Crippen LogP contribution is -2.25. The van der Waals surface area contributed by atoms with Gasteiger partial charge in [0.1, 0.15) is 5.60 Å². The summed E-state index contributed by atoms with van der Waals surface area (Å²) in [5.74, 6) is 0. The number of aromatic nitrogens is 1. The molecule has 5 heteroatoms. The molecule has 1 N–H and O–H groups in total. The lowest BCUT2D eigenvalue weighted by atomic mass is 10.1. The topological polar surface area (TPSA) is 59.3 Å². The third-order valence-electron chi connectivity index (χ3n) is 3.57. The molecule has 1 heterocycles. The Balaban J connectivity index is 2.39. The Labute approximate surface area is 129 Å². The highest BCUT2D eigenvalue weighted by Crippen LogP contribution is 2.31. The first-order chi connectivity index (χ1) is 10.3. The van der Waals surface area contributed by atoms with Crippen LogP contribution < -0.4 is 0 Å². The van der Waals surface area contributed by atoms with Crippen LogP contribution in [0, 0.1) is 0 Å². The van der Waals surface area contributed by atoms with Gasteiger partial charge in [0, 0.05) is 5.39 Å². The number of rotatable bonds is 3. The first-order valence-corrected chi connectivity index (χ1v) is 8.40. The SMILES string of the molecule is CC(C)(O)c1cc2ccccc2n1S(=O)(=O)c1ccccc1. The van der Waals surface area contributed by atoms with E-state index in [1.54, 1.807) is 62.4 Å². The summed E-state index contributed by atoms with van der Waals surface area (Å²) < 4.78 is 27.3. The van der Waals surface area contributed by atoms with Gasteiger partial charge in [-0.05, 0) is 38.1 Å². The first kappa shape index (κ1) is 14.8. The van der Waals surface area contributed by atoms with Gasteiger partial charge in [-0.25, -0.2) is 12.4 Å². The van der Waals surface area contributed by atoms with Crippen LogP contribution in [0.2, 0.25) is 0 Å². The minimum absolute atomic E-state index is 0.196. The normalized spacial score (nSPS) is 12.7. The Morgan fingerprint density at radius 2 is 1.55 bits per heavy atom. The maximum atomic E-state index is 13.0. The van der Waals surface area contributed by atoms with E-state index in [2.05, 4.69) is 0 Å². The number of fused-ring (bicyclic) bond motifs is 1. The molecule has 0 aliphatic rings. The molecular weight excluding hydrogens is 298 g/mol. The van der Waals surface area contributed by atoms with Gasteiger partial charge in [0.15, 0.2) is 0 Å². The third kappa shape index (κ3) is 2.32. The first-order valence-electron chi connectivity index (χ1n) is 6.96. The number of hydrogen-bond acceptors (Lipinski definition) is 3. The summed E-state index contributed by atoms with van der Waals surface area (Å²) in [6, 6.07) is 17.2. The quantitative estimate of drug-likeness (QED) is 0.808. The van der Waals surface area contributed by atoms with Gasteiger partial charge in [-0.3, -0.25) is 0 Å². The lowest BCUT2D eigenvalue weighted by Gasteiger charge is -2.21. The fourth-order valence-electron chi connectivity index (χ4n) is 2.51. The summed E-state index contributed by atoms with van der Waals surface area (Å²) in [4.78, 5) is 0.196. The van der Waals surface area contributed by atoms with E-state index in [4.69, 9.17) is 0 Å². The van der Waals surface area contributed by atoms with Gasteiger partial charge in [-0.15, -0.1) is 0 Å². The van der Waals surface area contributed by atoms with E-state index in [1.807, 2.05) is 12.1 Å². The number of nitrogens with zero attached hydrogens (tertiary/aromatic N) is 1. The van der Waals surface area contributed by atoms with Crippen LogP contribution in [-0.2, 0) is 15.6 Å². The van der Waals surface area contributed by atoms with E-state index in [0.717, 1.165) is 5.39 Å². The molecule has 3 rings (SSSR count). The van der Waals surface area contributed by atoms with Gasteiger partial charge in [-0.2, -0.15) is 0 Å². The highest BCUT2D eigenvalue weighted by Gasteiger charge is 2.29. The molecular formula is C17H17NO3S. The van der Waals surface area contributed by atoms with Crippen molar-refractivity contribution < 1.29 is 13.5 Å². The summed E-state index contributed by atoms with van der Waals surface area (Å²) in [7, 11) is -3.78. The second-order valence-corrected chi connectivity index (χ2v) is 7.52. The van der Waals surface area contributed by atoms with E-state index in [9.17, 15) is 13.5 Å². The molecule has 1 aromatic heterocycles. The average Bonchev–Trinajstić information content (AvgIpc) is 2.88. The molecule has 0 fully saturated rings. The van der Waals surface area contributed by atoms with Crippen LogP contribution in [0.15, 0.2) is 65.6 Å². The molecule has 0 aliphatic carbocycles. The van der Waals surface area contributed by atoms with Crippen LogP contribution in [0.4, 0.5) is 0 Å². The standard InChI is InChI=1S/C17H17NO3S/c1-17(2,19)16-12-13-8-6-7-11-15(13)18(16)22(20,21)14-9-4-3-5-10-14/h3-12,19H,1-2H3. The third-order valence-corrected chi connectivity index (χ3v) is 5.32. The monoisotopic (exact) mass is 315 g/mol. The summed E-state index contributed by atoms with van der Waals surface area (Å²) >= 11 is 0. The molecule has 0 radical (unpaired) electrons. The van der Waals surface area contributed by atoms with Crippen molar-refractivity contribution in [2.24, 2.45) is 0 Å². The summed E-state index contributed by atoms with van der Waals surface area (Å²) in [5, 5.41) is 11.2. The molecule has 0 aliphatic heterocycles. The van der Waals surface area contributed by atoms with Gasteiger partial charge in [0.2, 0.25) is 0 Å². The minimum Gasteiger partial charge on any atom is -0.384 e. The zero-order valence-corrected chi connectivity index (χ0v) is 13.2. The summed E-state index contributed by atoms with van der Waals surface area (Å²) in [6.07, 6.45) is 0. The fraction of sp³-hybridized carbons (Fsp3) is 0.176. The van der Waals surface area contributed by atoms with Crippen LogP contribution in [0.5, 0.6) is 0 Å². The van der Waals surface area contributed by atoms with Crippen molar-refractivity contribution >= 4 is 20.9 Å². The van der Waals surface area contributed by atoms with Crippen LogP contribution in [0.1, 0.15) is 19.5 Å². The van der Waals surface area contributed by atoms with Crippen molar-refractivity contribution in [3.63, 3.8) is 0 Å². The van der Waals surface area contributed by atoms with Crippen LogP contribution in [0.25, 0.3) is 10.9 Å². The Morgan fingerprint density at radius 1 is 0.955 bits per heavy atom. The Kier molecular flexibility index (Phi) is 3.34. The molecule has 22 heavy (non-hydrogen) atoms. The van der Waals surface area contributed by atoms with Crippen LogP contribution >= 0.6 is 0 Å². The van der Waals surface area contributed by atoms with Crippen molar-refractivity contribution in [1.29, 1.82) is 0 Å². The maximum absolute atomic E-state index is 13.0. The number of aliphatic hydroxyl groups is 1. The van der Waals surface area contributed by atoms with Gasteiger partial charge in [0.25, 0.3) is 10.0 Å². The van der Waals surface area contributed by atoms with Crippen LogP contribution in [-0.4, -0.2) is 17.5 Å². The van der Waals surface area contributed by atoms with E-state index in [0.29, 0.717) is 11.2 Å². The van der Waals surface area contributed by atoms with Crippen molar-refractivity contribution in [3.8, 4) is 0 Å². The molecule has 3 aromatic rings. The Hall–Kier alpha value is -2.11. The van der Waals surface area contributed by atoms with Crippen molar-refractivity contribution in [3.05, 3.63) is 66.4 Å². The van der Waals surface area contributed by atoms with E-state index < -0.39 is 15.6 Å². The second kappa shape index (κ2) is 4.97. The molecule has 0 saturated heterocycles. The van der Waals surface area contributed by atoms with Crippen molar-refractivity contribution in [1.82, 2.24) is 3.97 Å². The van der Waals surface area contributed by atoms with E-state index >= 15 is 0 Å². The summed E-state index contributed by atoms with van der Waals surface area (Å²) in [6.45, 7) is 3.16. The van der Waals surface area contributed by atoms with E-state index in [1.165, 1.54) is 3.97 Å². The smallest absolute Gasteiger partial charge is 0.268 e. The fourth-order valence-corrected chi connectivity index (χ4v) is 4.18. The Morgan fingerprint density at radius 3 is 2.18 bits per heavy atom. The van der Waals surface area contributed by atoms with Gasteiger partial charge >= 0.3 is 0 Å². The van der Waals surface area contributed by atoms with Gasteiger partial charge in [0.05, 0.1) is 16.1 Å². The number of para-hydroxylation sites is 1. The number of hydrogen-bond donors (Lipinski definition) is 1. The van der Waals surface area contributed by atoms with E-state index in [-0.39, 0.29) is 4.90 Å². The average molecular weight is 315 g/mol. The minimum atomic E-state index is -3.78. The molecule has 114 valence electrons. The van der Waals surface area contributed by atoms with Crippen molar-refractivity contribution in [2.45, 2.75) is 24.3 Å². The zero-order valence-electron chi connectivity index (χ0n) is 12.4. The molecule has 0 saturated carbocycles. The predicted molar refractivity (Wildman–Crippen MR) is 86.2 cm³/mol. The largest absolute Gasteiger partial charge is 0.384 e. The second-order valence-electron chi connectivity index (χ2n) is 5.73. The lowest BCUT2D eigenvalue weighted by molar-refractivity contribution is 0.0733. The van der Waals surface area contributed by atoms with Crippen molar-refractivity contribution in [2.75, 3.05) is 0 Å². The molecule has 0 spiro atoms. The Bertz CT molecular complexity index is 919.